The molecule has 6 heteroatoms. The summed E-state index contributed by atoms with van der Waals surface area (Å²) >= 11 is 0. The zero-order chi connectivity index (χ0) is 17.8. The summed E-state index contributed by atoms with van der Waals surface area (Å²) in [6, 6.07) is 16.0. The summed E-state index contributed by atoms with van der Waals surface area (Å²) in [5.41, 5.74) is 0.558. The molecular weight excluding hydrogens is 326 g/mol. The third-order valence-electron chi connectivity index (χ3n) is 3.64. The van der Waals surface area contributed by atoms with Gasteiger partial charge in [0.15, 0.2) is 0 Å². The van der Waals surface area contributed by atoms with E-state index >= 15 is 0 Å². The zero-order valence-electron chi connectivity index (χ0n) is 13.7. The fraction of sp³-hybridized carbons (Fsp3) is 0.278. The van der Waals surface area contributed by atoms with Gasteiger partial charge in [-0.15, -0.1) is 0 Å². The predicted octanol–water partition coefficient (Wildman–Crippen LogP) is 3.28. The second kappa shape index (κ2) is 7.15. The first kappa shape index (κ1) is 18.2. The maximum absolute atomic E-state index is 12.8. The molecule has 0 aliphatic rings. The van der Waals surface area contributed by atoms with Gasteiger partial charge >= 0.3 is 5.97 Å². The summed E-state index contributed by atoms with van der Waals surface area (Å²) < 4.78 is 28.3. The zero-order valence-corrected chi connectivity index (χ0v) is 14.5. The van der Waals surface area contributed by atoms with Gasteiger partial charge in [0.2, 0.25) is 10.0 Å². The number of hydrogen-bond acceptors (Lipinski definition) is 3. The largest absolute Gasteiger partial charge is 0.481 e. The van der Waals surface area contributed by atoms with E-state index in [1.54, 1.807) is 38.1 Å². The van der Waals surface area contributed by atoms with E-state index in [1.165, 1.54) is 0 Å². The lowest BCUT2D eigenvalue weighted by Gasteiger charge is -2.26. The molecule has 0 aromatic heterocycles. The van der Waals surface area contributed by atoms with Gasteiger partial charge in [-0.25, -0.2) is 13.1 Å². The van der Waals surface area contributed by atoms with E-state index in [9.17, 15) is 13.2 Å². The van der Waals surface area contributed by atoms with Crippen LogP contribution >= 0.6 is 0 Å². The molecular formula is C18H21NO4S. The average molecular weight is 347 g/mol. The number of benzene rings is 2. The van der Waals surface area contributed by atoms with Crippen LogP contribution in [0.2, 0.25) is 0 Å². The van der Waals surface area contributed by atoms with Crippen LogP contribution in [0.5, 0.6) is 0 Å². The van der Waals surface area contributed by atoms with Gasteiger partial charge in [-0.05, 0) is 31.9 Å². The van der Waals surface area contributed by atoms with Crippen molar-refractivity contribution in [3.05, 3.63) is 54.6 Å². The van der Waals surface area contributed by atoms with Crippen molar-refractivity contribution in [1.29, 1.82) is 0 Å². The Bertz CT molecular complexity index is 814. The van der Waals surface area contributed by atoms with Gasteiger partial charge < -0.3 is 5.11 Å². The van der Waals surface area contributed by atoms with Crippen molar-refractivity contribution in [2.75, 3.05) is 0 Å². The third kappa shape index (κ3) is 4.66. The van der Waals surface area contributed by atoms with Crippen molar-refractivity contribution >= 4 is 16.0 Å². The molecule has 0 aliphatic carbocycles. The summed E-state index contributed by atoms with van der Waals surface area (Å²) in [4.78, 5) is 10.9. The minimum absolute atomic E-state index is 0.101. The fourth-order valence-electron chi connectivity index (χ4n) is 2.45. The monoisotopic (exact) mass is 347 g/mol. The average Bonchev–Trinajstić information content (AvgIpc) is 2.53. The van der Waals surface area contributed by atoms with Crippen LogP contribution in [0.15, 0.2) is 59.5 Å². The molecule has 2 aromatic carbocycles. The molecule has 0 fully saturated rings. The number of carbonyl (C=O) groups is 1. The molecule has 0 bridgehead atoms. The van der Waals surface area contributed by atoms with Crippen LogP contribution in [0, 0.1) is 0 Å². The van der Waals surface area contributed by atoms with Crippen LogP contribution in [0.25, 0.3) is 11.1 Å². The standard InChI is InChI=1S/C18H21NO4S/c1-18(2,13-12-17(20)21)19-24(22,23)16-11-7-6-10-15(16)14-8-4-3-5-9-14/h3-11,19H,12-13H2,1-2H3,(H,20,21). The van der Waals surface area contributed by atoms with Crippen molar-refractivity contribution in [3.8, 4) is 11.1 Å². The Hall–Kier alpha value is -2.18. The summed E-state index contributed by atoms with van der Waals surface area (Å²) in [5, 5.41) is 8.81. The number of carboxylic acid groups (broad SMARTS) is 1. The summed E-state index contributed by atoms with van der Waals surface area (Å²) in [5.74, 6) is -0.952. The predicted molar refractivity (Wildman–Crippen MR) is 93.1 cm³/mol. The maximum atomic E-state index is 12.8. The minimum atomic E-state index is -3.79. The number of nitrogens with one attached hydrogen (secondary N) is 1. The molecule has 0 radical (unpaired) electrons. The van der Waals surface area contributed by atoms with E-state index in [4.69, 9.17) is 5.11 Å². The van der Waals surface area contributed by atoms with Gasteiger partial charge in [0, 0.05) is 17.5 Å². The number of carboxylic acids is 1. The Kier molecular flexibility index (Phi) is 5.41. The second-order valence-electron chi connectivity index (χ2n) is 6.25. The Morgan fingerprint density at radius 2 is 1.62 bits per heavy atom. The van der Waals surface area contributed by atoms with Crippen LogP contribution in [0.4, 0.5) is 0 Å². The van der Waals surface area contributed by atoms with Gasteiger partial charge in [0.1, 0.15) is 0 Å². The normalized spacial score (nSPS) is 12.1. The Balaban J connectivity index is 2.35. The lowest BCUT2D eigenvalue weighted by molar-refractivity contribution is -0.137. The van der Waals surface area contributed by atoms with E-state index in [0.29, 0.717) is 5.56 Å². The van der Waals surface area contributed by atoms with Crippen LogP contribution in [-0.2, 0) is 14.8 Å². The molecule has 0 unspecified atom stereocenters. The van der Waals surface area contributed by atoms with Gasteiger partial charge in [0.05, 0.1) is 4.90 Å². The number of hydrogen-bond donors (Lipinski definition) is 2. The molecule has 24 heavy (non-hydrogen) atoms. The van der Waals surface area contributed by atoms with E-state index in [-0.39, 0.29) is 17.7 Å². The molecule has 5 nitrogen and oxygen atoms in total. The van der Waals surface area contributed by atoms with Crippen molar-refractivity contribution in [2.24, 2.45) is 0 Å². The second-order valence-corrected chi connectivity index (χ2v) is 7.90. The summed E-state index contributed by atoms with van der Waals surface area (Å²) in [6.07, 6.45) is 0.102. The molecule has 0 spiro atoms. The van der Waals surface area contributed by atoms with Gasteiger partial charge in [-0.2, -0.15) is 0 Å². The van der Waals surface area contributed by atoms with Crippen LogP contribution < -0.4 is 4.72 Å². The highest BCUT2D eigenvalue weighted by Crippen LogP contribution is 2.28. The van der Waals surface area contributed by atoms with Gasteiger partial charge in [-0.1, -0.05) is 48.5 Å². The quantitative estimate of drug-likeness (QED) is 0.805. The minimum Gasteiger partial charge on any atom is -0.481 e. The highest BCUT2D eigenvalue weighted by Gasteiger charge is 2.28. The summed E-state index contributed by atoms with van der Waals surface area (Å²) in [6.45, 7) is 3.36. The number of aliphatic carboxylic acids is 1. The lowest BCUT2D eigenvalue weighted by atomic mass is 10.0. The highest BCUT2D eigenvalue weighted by atomic mass is 32.2. The van der Waals surface area contributed by atoms with Gasteiger partial charge in [0.25, 0.3) is 0 Å². The Morgan fingerprint density at radius 1 is 1.04 bits per heavy atom. The van der Waals surface area contributed by atoms with Crippen LogP contribution in [-0.4, -0.2) is 25.0 Å². The first-order chi connectivity index (χ1) is 11.2. The number of sulfonamides is 1. The molecule has 0 heterocycles. The van der Waals surface area contributed by atoms with E-state index < -0.39 is 21.5 Å². The van der Waals surface area contributed by atoms with Gasteiger partial charge in [-0.3, -0.25) is 4.79 Å². The SMILES string of the molecule is CC(C)(CCC(=O)O)NS(=O)(=O)c1ccccc1-c1ccccc1. The molecule has 0 aliphatic heterocycles. The molecule has 2 rings (SSSR count). The summed E-state index contributed by atoms with van der Waals surface area (Å²) in [7, 11) is -3.79. The highest BCUT2D eigenvalue weighted by molar-refractivity contribution is 7.89. The third-order valence-corrected chi connectivity index (χ3v) is 5.39. The van der Waals surface area contributed by atoms with E-state index in [0.717, 1.165) is 5.56 Å². The van der Waals surface area contributed by atoms with Crippen molar-refractivity contribution in [3.63, 3.8) is 0 Å². The van der Waals surface area contributed by atoms with Crippen LogP contribution in [0.1, 0.15) is 26.7 Å². The Morgan fingerprint density at radius 3 is 2.25 bits per heavy atom. The first-order valence-electron chi connectivity index (χ1n) is 7.61. The molecule has 2 N–H and O–H groups in total. The van der Waals surface area contributed by atoms with E-state index in [2.05, 4.69) is 4.72 Å². The lowest BCUT2D eigenvalue weighted by Crippen LogP contribution is -2.43. The van der Waals surface area contributed by atoms with Crippen molar-refractivity contribution in [1.82, 2.24) is 4.72 Å². The molecule has 0 amide bonds. The molecule has 2 aromatic rings. The fourth-order valence-corrected chi connectivity index (χ4v) is 4.12. The molecule has 0 saturated heterocycles. The van der Waals surface area contributed by atoms with E-state index in [1.807, 2.05) is 30.3 Å². The topological polar surface area (TPSA) is 83.5 Å². The van der Waals surface area contributed by atoms with Crippen molar-refractivity contribution < 1.29 is 18.3 Å². The molecule has 0 atom stereocenters. The first-order valence-corrected chi connectivity index (χ1v) is 9.10. The van der Waals surface area contributed by atoms with Crippen molar-refractivity contribution in [2.45, 2.75) is 37.1 Å². The number of rotatable bonds is 7. The molecule has 0 saturated carbocycles. The Labute approximate surface area is 142 Å². The smallest absolute Gasteiger partial charge is 0.303 e. The molecule has 128 valence electrons. The van der Waals surface area contributed by atoms with Crippen LogP contribution in [0.3, 0.4) is 0 Å². The maximum Gasteiger partial charge on any atom is 0.303 e.